The molecule has 1 aliphatic rings. The number of aryl methyl sites for hydroxylation is 1. The monoisotopic (exact) mass is 194 g/mol. The van der Waals surface area contributed by atoms with Crippen molar-refractivity contribution in [2.75, 3.05) is 13.1 Å². The van der Waals surface area contributed by atoms with E-state index in [2.05, 4.69) is 10.3 Å². The molecule has 1 aliphatic heterocycles. The van der Waals surface area contributed by atoms with Gasteiger partial charge in [0.1, 0.15) is 6.26 Å². The van der Waals surface area contributed by atoms with Gasteiger partial charge in [-0.25, -0.2) is 4.98 Å². The molecule has 1 aromatic rings. The van der Waals surface area contributed by atoms with E-state index in [1.807, 2.05) is 6.92 Å². The van der Waals surface area contributed by atoms with Crippen molar-refractivity contribution < 1.29 is 4.42 Å². The van der Waals surface area contributed by atoms with Crippen molar-refractivity contribution in [3.05, 3.63) is 17.8 Å². The Bertz CT molecular complexity index is 275. The molecule has 0 radical (unpaired) electrons. The molecule has 3 nitrogen and oxygen atoms in total. The summed E-state index contributed by atoms with van der Waals surface area (Å²) in [5, 5.41) is 3.42. The number of nitrogens with one attached hydrogen (secondary N) is 1. The Morgan fingerprint density at radius 3 is 3.21 bits per heavy atom. The van der Waals surface area contributed by atoms with Gasteiger partial charge < -0.3 is 9.73 Å². The van der Waals surface area contributed by atoms with E-state index in [9.17, 15) is 0 Å². The Labute approximate surface area is 84.9 Å². The maximum Gasteiger partial charge on any atom is 0.191 e. The first-order chi connectivity index (χ1) is 6.84. The van der Waals surface area contributed by atoms with E-state index in [0.29, 0.717) is 0 Å². The van der Waals surface area contributed by atoms with Gasteiger partial charge >= 0.3 is 0 Å². The molecule has 3 heteroatoms. The Kier molecular flexibility index (Phi) is 3.19. The van der Waals surface area contributed by atoms with Crippen LogP contribution in [0.15, 0.2) is 10.7 Å². The first-order valence-electron chi connectivity index (χ1n) is 5.46. The summed E-state index contributed by atoms with van der Waals surface area (Å²) < 4.78 is 5.21. The smallest absolute Gasteiger partial charge is 0.191 e. The average Bonchev–Trinajstić information content (AvgIpc) is 2.43. The van der Waals surface area contributed by atoms with E-state index in [1.54, 1.807) is 6.26 Å². The van der Waals surface area contributed by atoms with Crippen LogP contribution in [-0.4, -0.2) is 18.1 Å². The predicted molar refractivity (Wildman–Crippen MR) is 55.2 cm³/mol. The third kappa shape index (κ3) is 2.58. The average molecular weight is 194 g/mol. The standard InChI is InChI=1S/C11H18N2O/c1-9-13-11(8-14-9)7-10-3-2-5-12-6-4-10/h8,10,12H,2-7H2,1H3. The second kappa shape index (κ2) is 4.60. The van der Waals surface area contributed by atoms with Crippen LogP contribution in [0.1, 0.15) is 30.8 Å². The molecule has 1 fully saturated rings. The molecule has 1 atom stereocenters. The van der Waals surface area contributed by atoms with Crippen LogP contribution in [-0.2, 0) is 6.42 Å². The van der Waals surface area contributed by atoms with Gasteiger partial charge in [-0.3, -0.25) is 0 Å². The van der Waals surface area contributed by atoms with Gasteiger partial charge in [0.05, 0.1) is 5.69 Å². The quantitative estimate of drug-likeness (QED) is 0.781. The molecule has 14 heavy (non-hydrogen) atoms. The van der Waals surface area contributed by atoms with Gasteiger partial charge in [-0.15, -0.1) is 0 Å². The first-order valence-corrected chi connectivity index (χ1v) is 5.46. The molecule has 0 aromatic carbocycles. The Balaban J connectivity index is 1.89. The highest BCUT2D eigenvalue weighted by Crippen LogP contribution is 2.18. The molecule has 2 rings (SSSR count). The Morgan fingerprint density at radius 1 is 1.50 bits per heavy atom. The van der Waals surface area contributed by atoms with Crippen molar-refractivity contribution in [2.45, 2.75) is 32.6 Å². The Hall–Kier alpha value is -0.830. The summed E-state index contributed by atoms with van der Waals surface area (Å²) in [5.41, 5.74) is 1.12. The molecule has 0 spiro atoms. The maximum absolute atomic E-state index is 5.21. The zero-order valence-electron chi connectivity index (χ0n) is 8.75. The van der Waals surface area contributed by atoms with Gasteiger partial charge in [0.15, 0.2) is 5.89 Å². The molecule has 0 bridgehead atoms. The minimum Gasteiger partial charge on any atom is -0.449 e. The number of hydrogen-bond acceptors (Lipinski definition) is 3. The van der Waals surface area contributed by atoms with E-state index in [1.165, 1.54) is 25.8 Å². The van der Waals surface area contributed by atoms with E-state index in [4.69, 9.17) is 4.42 Å². The number of hydrogen-bond donors (Lipinski definition) is 1. The lowest BCUT2D eigenvalue weighted by Gasteiger charge is -2.10. The molecule has 1 aromatic heterocycles. The summed E-state index contributed by atoms with van der Waals surface area (Å²) in [7, 11) is 0. The number of oxazole rings is 1. The van der Waals surface area contributed by atoms with Gasteiger partial charge in [0.2, 0.25) is 0 Å². The zero-order chi connectivity index (χ0) is 9.80. The predicted octanol–water partition coefficient (Wildman–Crippen LogP) is 1.92. The second-order valence-electron chi connectivity index (χ2n) is 4.11. The van der Waals surface area contributed by atoms with Crippen LogP contribution in [0.2, 0.25) is 0 Å². The molecule has 0 aliphatic carbocycles. The molecule has 2 heterocycles. The zero-order valence-corrected chi connectivity index (χ0v) is 8.75. The molecular formula is C11H18N2O. The van der Waals surface area contributed by atoms with Crippen molar-refractivity contribution in [1.82, 2.24) is 10.3 Å². The summed E-state index contributed by atoms with van der Waals surface area (Å²) >= 11 is 0. The van der Waals surface area contributed by atoms with Gasteiger partial charge in [-0.1, -0.05) is 0 Å². The first kappa shape index (κ1) is 9.71. The van der Waals surface area contributed by atoms with Crippen LogP contribution in [0.4, 0.5) is 0 Å². The fourth-order valence-electron chi connectivity index (χ4n) is 2.09. The minimum atomic E-state index is 0.784. The van der Waals surface area contributed by atoms with Crippen molar-refractivity contribution in [2.24, 2.45) is 5.92 Å². The fraction of sp³-hybridized carbons (Fsp3) is 0.727. The van der Waals surface area contributed by atoms with E-state index in [0.717, 1.165) is 30.5 Å². The summed E-state index contributed by atoms with van der Waals surface area (Å²) in [4.78, 5) is 4.35. The van der Waals surface area contributed by atoms with Crippen LogP contribution < -0.4 is 5.32 Å². The fourth-order valence-corrected chi connectivity index (χ4v) is 2.09. The lowest BCUT2D eigenvalue weighted by atomic mass is 9.96. The molecule has 0 saturated carbocycles. The summed E-state index contributed by atoms with van der Waals surface area (Å²) in [6, 6.07) is 0. The van der Waals surface area contributed by atoms with Gasteiger partial charge in [0.25, 0.3) is 0 Å². The van der Waals surface area contributed by atoms with Crippen LogP contribution in [0, 0.1) is 12.8 Å². The molecule has 1 unspecified atom stereocenters. The van der Waals surface area contributed by atoms with Gasteiger partial charge in [-0.2, -0.15) is 0 Å². The van der Waals surface area contributed by atoms with Crippen LogP contribution in [0.5, 0.6) is 0 Å². The van der Waals surface area contributed by atoms with Crippen molar-refractivity contribution >= 4 is 0 Å². The van der Waals surface area contributed by atoms with Crippen molar-refractivity contribution in [3.63, 3.8) is 0 Å². The SMILES string of the molecule is Cc1nc(CC2CCCNCC2)co1. The molecule has 1 saturated heterocycles. The highest BCUT2D eigenvalue weighted by molar-refractivity contribution is 4.97. The number of aromatic nitrogens is 1. The number of nitrogens with zero attached hydrogens (tertiary/aromatic N) is 1. The van der Waals surface area contributed by atoms with E-state index < -0.39 is 0 Å². The third-order valence-electron chi connectivity index (χ3n) is 2.86. The normalized spacial score (nSPS) is 23.4. The van der Waals surface area contributed by atoms with Gasteiger partial charge in [-0.05, 0) is 44.7 Å². The van der Waals surface area contributed by atoms with E-state index in [-0.39, 0.29) is 0 Å². The third-order valence-corrected chi connectivity index (χ3v) is 2.86. The van der Waals surface area contributed by atoms with Crippen molar-refractivity contribution in [3.8, 4) is 0 Å². The highest BCUT2D eigenvalue weighted by Gasteiger charge is 2.14. The number of rotatable bonds is 2. The molecule has 1 N–H and O–H groups in total. The molecule has 78 valence electrons. The topological polar surface area (TPSA) is 38.1 Å². The summed E-state index contributed by atoms with van der Waals surface area (Å²) in [6.07, 6.45) is 6.76. The van der Waals surface area contributed by atoms with Crippen LogP contribution >= 0.6 is 0 Å². The lowest BCUT2D eigenvalue weighted by Crippen LogP contribution is -2.14. The van der Waals surface area contributed by atoms with E-state index >= 15 is 0 Å². The largest absolute Gasteiger partial charge is 0.449 e. The van der Waals surface area contributed by atoms with Gasteiger partial charge in [0, 0.05) is 6.92 Å². The van der Waals surface area contributed by atoms with Crippen LogP contribution in [0.3, 0.4) is 0 Å². The summed E-state index contributed by atoms with van der Waals surface area (Å²) in [6.45, 7) is 4.23. The Morgan fingerprint density at radius 2 is 2.43 bits per heavy atom. The van der Waals surface area contributed by atoms with Crippen LogP contribution in [0.25, 0.3) is 0 Å². The minimum absolute atomic E-state index is 0.784. The van der Waals surface area contributed by atoms with Crippen molar-refractivity contribution in [1.29, 1.82) is 0 Å². The highest BCUT2D eigenvalue weighted by atomic mass is 16.3. The summed E-state index contributed by atoms with van der Waals surface area (Å²) in [5.74, 6) is 1.57. The molecular weight excluding hydrogens is 176 g/mol. The molecule has 0 amide bonds. The maximum atomic E-state index is 5.21. The lowest BCUT2D eigenvalue weighted by molar-refractivity contribution is 0.463. The second-order valence-corrected chi connectivity index (χ2v) is 4.11.